The molecule has 1 aliphatic heterocycles. The van der Waals surface area contributed by atoms with E-state index in [-0.39, 0.29) is 0 Å². The summed E-state index contributed by atoms with van der Waals surface area (Å²) in [5.41, 5.74) is 6.89. The predicted molar refractivity (Wildman–Crippen MR) is 111 cm³/mol. The molecule has 0 fully saturated rings. The van der Waals surface area contributed by atoms with Crippen LogP contribution in [-0.2, 0) is 0 Å². The van der Waals surface area contributed by atoms with Crippen LogP contribution in [0.15, 0.2) is 49.1 Å². The molecule has 3 N–H and O–H groups in total. The van der Waals surface area contributed by atoms with Crippen molar-refractivity contribution in [1.29, 1.82) is 0 Å². The van der Waals surface area contributed by atoms with Gasteiger partial charge in [-0.25, -0.2) is 14.8 Å². The van der Waals surface area contributed by atoms with Crippen molar-refractivity contribution in [2.24, 2.45) is 0 Å². The van der Waals surface area contributed by atoms with Gasteiger partial charge in [0.15, 0.2) is 0 Å². The van der Waals surface area contributed by atoms with Gasteiger partial charge in [-0.15, -0.1) is 0 Å². The molecule has 0 bridgehead atoms. The van der Waals surface area contributed by atoms with Gasteiger partial charge in [-0.1, -0.05) is 6.08 Å². The lowest BCUT2D eigenvalue weighted by Gasteiger charge is -2.23. The third-order valence-corrected chi connectivity index (χ3v) is 5.36. The Labute approximate surface area is 166 Å². The number of imidazole rings is 1. The first-order chi connectivity index (χ1) is 14.1. The summed E-state index contributed by atoms with van der Waals surface area (Å²) >= 11 is 0. The first kappa shape index (κ1) is 17.3. The summed E-state index contributed by atoms with van der Waals surface area (Å²) in [6.07, 6.45) is 7.35. The second-order valence-corrected chi connectivity index (χ2v) is 7.18. The number of pyridine rings is 2. The van der Waals surface area contributed by atoms with Gasteiger partial charge >= 0.3 is 6.09 Å². The van der Waals surface area contributed by atoms with E-state index < -0.39 is 6.09 Å². The molecule has 0 aliphatic carbocycles. The molecule has 0 spiro atoms. The van der Waals surface area contributed by atoms with Gasteiger partial charge in [-0.2, -0.15) is 0 Å². The van der Waals surface area contributed by atoms with Crippen LogP contribution in [0.25, 0.3) is 22.1 Å². The minimum atomic E-state index is -0.879. The number of nitrogens with one attached hydrogen (secondary N) is 2. The number of nitrogens with zero attached hydrogens (tertiary/aromatic N) is 4. The van der Waals surface area contributed by atoms with Crippen LogP contribution in [0.5, 0.6) is 0 Å². The molecule has 1 aliphatic rings. The molecule has 0 aromatic carbocycles. The lowest BCUT2D eigenvalue weighted by Crippen LogP contribution is -2.33. The molecule has 1 amide bonds. The molecule has 4 aromatic heterocycles. The van der Waals surface area contributed by atoms with Crippen LogP contribution in [0.1, 0.15) is 17.8 Å². The Balaban J connectivity index is 1.46. The fourth-order valence-electron chi connectivity index (χ4n) is 3.76. The number of anilines is 2. The number of H-pyrrole nitrogens is 1. The smallest absolute Gasteiger partial charge is 0.407 e. The van der Waals surface area contributed by atoms with Crippen molar-refractivity contribution in [2.45, 2.75) is 13.3 Å². The number of carboxylic acid groups (broad SMARTS) is 1. The van der Waals surface area contributed by atoms with Crippen molar-refractivity contribution in [1.82, 2.24) is 24.3 Å². The molecule has 8 heteroatoms. The Kier molecular flexibility index (Phi) is 3.97. The largest absolute Gasteiger partial charge is 0.465 e. The molecular formula is C21H20N6O2. The number of aryl methyl sites for hydroxylation is 1. The summed E-state index contributed by atoms with van der Waals surface area (Å²) in [5.74, 6) is 0. The topological polar surface area (TPSA) is 98.5 Å². The van der Waals surface area contributed by atoms with E-state index in [0.717, 1.165) is 44.9 Å². The summed E-state index contributed by atoms with van der Waals surface area (Å²) < 4.78 is 2.00. The maximum absolute atomic E-state index is 11.1. The molecule has 4 aromatic rings. The van der Waals surface area contributed by atoms with Crippen LogP contribution in [0.3, 0.4) is 0 Å². The minimum absolute atomic E-state index is 0.406. The van der Waals surface area contributed by atoms with E-state index in [9.17, 15) is 4.79 Å². The van der Waals surface area contributed by atoms with Gasteiger partial charge in [-0.05, 0) is 43.2 Å². The van der Waals surface area contributed by atoms with Gasteiger partial charge in [0.25, 0.3) is 0 Å². The number of amides is 1. The fraction of sp³-hybridized carbons (Fsp3) is 0.190. The van der Waals surface area contributed by atoms with Crippen molar-refractivity contribution >= 4 is 39.6 Å². The van der Waals surface area contributed by atoms with Gasteiger partial charge in [0, 0.05) is 36.6 Å². The van der Waals surface area contributed by atoms with Crippen LogP contribution in [0, 0.1) is 6.92 Å². The number of aromatic nitrogens is 4. The Morgan fingerprint density at radius 2 is 2.17 bits per heavy atom. The van der Waals surface area contributed by atoms with E-state index in [2.05, 4.69) is 26.3 Å². The number of hydrogen-bond acceptors (Lipinski definition) is 4. The number of rotatable bonds is 3. The van der Waals surface area contributed by atoms with E-state index in [1.54, 1.807) is 6.20 Å². The Hall–Kier alpha value is -3.81. The van der Waals surface area contributed by atoms with Crippen LogP contribution < -0.4 is 5.32 Å². The SMILES string of the molecule is Cc1ncn2cc(Nc3ccnc4[nH]c(C5=CCN(C(=O)O)CC5)cc34)ccc12. The summed E-state index contributed by atoms with van der Waals surface area (Å²) in [4.78, 5) is 24.7. The van der Waals surface area contributed by atoms with E-state index >= 15 is 0 Å². The second kappa shape index (κ2) is 6.66. The number of hydrogen-bond donors (Lipinski definition) is 3. The molecular weight excluding hydrogens is 368 g/mol. The van der Waals surface area contributed by atoms with Crippen molar-refractivity contribution < 1.29 is 9.90 Å². The normalized spacial score (nSPS) is 14.4. The minimum Gasteiger partial charge on any atom is -0.465 e. The first-order valence-electron chi connectivity index (χ1n) is 9.44. The quantitative estimate of drug-likeness (QED) is 0.492. The van der Waals surface area contributed by atoms with Gasteiger partial charge in [0.1, 0.15) is 5.65 Å². The zero-order chi connectivity index (χ0) is 20.0. The van der Waals surface area contributed by atoms with E-state index in [1.165, 1.54) is 4.90 Å². The standard InChI is InChI=1S/C21H20N6O2/c1-13-19-3-2-15(11-27(19)12-23-13)24-17-4-7-22-20-16(17)10-18(25-20)14-5-8-26(9-6-14)21(28)29/h2-5,7,10-12H,6,8-9H2,1H3,(H,28,29)(H2,22,24,25). The molecule has 5 rings (SSSR count). The second-order valence-electron chi connectivity index (χ2n) is 7.18. The molecule has 0 unspecified atom stereocenters. The fourth-order valence-corrected chi connectivity index (χ4v) is 3.76. The van der Waals surface area contributed by atoms with Crippen LogP contribution in [-0.4, -0.2) is 48.5 Å². The summed E-state index contributed by atoms with van der Waals surface area (Å²) in [6, 6.07) is 8.11. The van der Waals surface area contributed by atoms with Crippen molar-refractivity contribution in [3.05, 3.63) is 60.5 Å². The lowest BCUT2D eigenvalue weighted by molar-refractivity contribution is 0.150. The van der Waals surface area contributed by atoms with Crippen LogP contribution >= 0.6 is 0 Å². The van der Waals surface area contributed by atoms with Crippen molar-refractivity contribution in [2.75, 3.05) is 18.4 Å². The zero-order valence-electron chi connectivity index (χ0n) is 15.9. The lowest BCUT2D eigenvalue weighted by atomic mass is 10.1. The highest BCUT2D eigenvalue weighted by Gasteiger charge is 2.18. The first-order valence-corrected chi connectivity index (χ1v) is 9.44. The van der Waals surface area contributed by atoms with Crippen LogP contribution in [0.2, 0.25) is 0 Å². The Morgan fingerprint density at radius 3 is 2.97 bits per heavy atom. The average molecular weight is 388 g/mol. The molecule has 0 atom stereocenters. The third-order valence-electron chi connectivity index (χ3n) is 5.36. The van der Waals surface area contributed by atoms with Gasteiger partial charge in [0.2, 0.25) is 0 Å². The third kappa shape index (κ3) is 3.08. The monoisotopic (exact) mass is 388 g/mol. The Bertz CT molecular complexity index is 1270. The zero-order valence-corrected chi connectivity index (χ0v) is 15.9. The van der Waals surface area contributed by atoms with Crippen LogP contribution in [0.4, 0.5) is 16.2 Å². The maximum atomic E-state index is 11.1. The molecule has 5 heterocycles. The Morgan fingerprint density at radius 1 is 1.28 bits per heavy atom. The molecule has 8 nitrogen and oxygen atoms in total. The summed E-state index contributed by atoms with van der Waals surface area (Å²) in [7, 11) is 0. The molecule has 0 saturated heterocycles. The maximum Gasteiger partial charge on any atom is 0.407 e. The predicted octanol–water partition coefficient (Wildman–Crippen LogP) is 4.03. The highest BCUT2D eigenvalue weighted by Crippen LogP contribution is 2.30. The van der Waals surface area contributed by atoms with Crippen molar-refractivity contribution in [3.63, 3.8) is 0 Å². The van der Waals surface area contributed by atoms with Crippen molar-refractivity contribution in [3.8, 4) is 0 Å². The summed E-state index contributed by atoms with van der Waals surface area (Å²) in [6.45, 7) is 2.90. The highest BCUT2D eigenvalue weighted by atomic mass is 16.4. The molecule has 0 saturated carbocycles. The number of fused-ring (bicyclic) bond motifs is 2. The summed E-state index contributed by atoms with van der Waals surface area (Å²) in [5, 5.41) is 13.6. The molecule has 29 heavy (non-hydrogen) atoms. The number of carbonyl (C=O) groups is 1. The highest BCUT2D eigenvalue weighted by molar-refractivity contribution is 5.94. The van der Waals surface area contributed by atoms with E-state index in [4.69, 9.17) is 5.11 Å². The van der Waals surface area contributed by atoms with E-state index in [0.29, 0.717) is 19.5 Å². The average Bonchev–Trinajstić information content (AvgIpc) is 3.32. The molecule has 146 valence electrons. The van der Waals surface area contributed by atoms with E-state index in [1.807, 2.05) is 48.1 Å². The number of aromatic amines is 1. The van der Waals surface area contributed by atoms with Gasteiger partial charge in [0.05, 0.1) is 28.9 Å². The molecule has 0 radical (unpaired) electrons. The van der Waals surface area contributed by atoms with Gasteiger partial charge < -0.3 is 24.7 Å². The van der Waals surface area contributed by atoms with Gasteiger partial charge in [-0.3, -0.25) is 0 Å².